The standard InChI is InChI=1S/C83H157NO10/c1-3-5-7-9-11-13-15-16-17-41-45-48-51-55-59-63-67-71-79(88)92-72-68-64-60-56-52-49-46-43-40-38-36-34-32-30-28-26-24-22-20-18-19-21-23-25-27-29-31-33-35-37-39-42-44-47-50-54-58-62-66-70-78(87)84-75(74-93-83-82(91)81(90)80(89)77(73-85)94-83)76(86)69-65-61-57-53-14-12-10-8-6-4-2/h18-19,22,24,65,69,75-77,80-83,85-86,89-91H,3-17,20-21,23,25-64,66-68,70-74H2,1-2H3,(H,84,87)/b19-18-,24-22-,69-65+. The molecule has 0 saturated carbocycles. The quantitative estimate of drug-likeness (QED) is 0.0195. The van der Waals surface area contributed by atoms with Crippen LogP contribution in [0, 0.1) is 0 Å². The summed E-state index contributed by atoms with van der Waals surface area (Å²) in [5, 5.41) is 54.4. The van der Waals surface area contributed by atoms with Crippen molar-refractivity contribution < 1.29 is 49.3 Å². The summed E-state index contributed by atoms with van der Waals surface area (Å²) in [7, 11) is 0. The molecule has 0 bridgehead atoms. The van der Waals surface area contributed by atoms with Gasteiger partial charge in [-0.3, -0.25) is 9.59 Å². The van der Waals surface area contributed by atoms with Crippen molar-refractivity contribution >= 4 is 11.9 Å². The van der Waals surface area contributed by atoms with Crippen LogP contribution in [0.15, 0.2) is 36.5 Å². The number of carbonyl (C=O) groups excluding carboxylic acids is 2. The number of allylic oxidation sites excluding steroid dienone is 5. The second-order valence-electron chi connectivity index (χ2n) is 28.8. The topological polar surface area (TPSA) is 175 Å². The summed E-state index contributed by atoms with van der Waals surface area (Å²) < 4.78 is 16.8. The third-order valence-electron chi connectivity index (χ3n) is 19.7. The van der Waals surface area contributed by atoms with Crippen molar-refractivity contribution in [3.63, 3.8) is 0 Å². The van der Waals surface area contributed by atoms with Gasteiger partial charge in [-0.05, 0) is 64.2 Å². The Morgan fingerprint density at radius 3 is 1.07 bits per heavy atom. The Bertz CT molecular complexity index is 1660. The maximum atomic E-state index is 13.0. The number of hydrogen-bond donors (Lipinski definition) is 6. The molecule has 0 radical (unpaired) electrons. The van der Waals surface area contributed by atoms with Gasteiger partial charge in [0.1, 0.15) is 24.4 Å². The summed E-state index contributed by atoms with van der Waals surface area (Å²) in [6.07, 6.45) is 84.9. The first-order valence-corrected chi connectivity index (χ1v) is 41.3. The largest absolute Gasteiger partial charge is 0.466 e. The molecule has 0 aromatic rings. The van der Waals surface area contributed by atoms with E-state index in [1.165, 1.54) is 334 Å². The Morgan fingerprint density at radius 2 is 0.713 bits per heavy atom. The Morgan fingerprint density at radius 1 is 0.394 bits per heavy atom. The second kappa shape index (κ2) is 72.1. The molecule has 6 N–H and O–H groups in total. The van der Waals surface area contributed by atoms with Crippen LogP contribution in [0.2, 0.25) is 0 Å². The fourth-order valence-electron chi connectivity index (χ4n) is 13.3. The van der Waals surface area contributed by atoms with Gasteiger partial charge in [0.05, 0.1) is 32.0 Å². The van der Waals surface area contributed by atoms with Gasteiger partial charge >= 0.3 is 5.97 Å². The maximum Gasteiger partial charge on any atom is 0.305 e. The number of aliphatic hydroxyl groups is 5. The molecule has 11 nitrogen and oxygen atoms in total. The summed E-state index contributed by atoms with van der Waals surface area (Å²) in [5.74, 6) is -0.159. The normalized spacial score (nSPS) is 17.5. The van der Waals surface area contributed by atoms with Crippen molar-refractivity contribution in [2.45, 2.75) is 461 Å². The minimum Gasteiger partial charge on any atom is -0.466 e. The van der Waals surface area contributed by atoms with E-state index in [0.29, 0.717) is 19.4 Å². The molecular formula is C83H157NO10. The molecule has 554 valence electrons. The van der Waals surface area contributed by atoms with Gasteiger partial charge in [0, 0.05) is 12.8 Å². The van der Waals surface area contributed by atoms with E-state index in [9.17, 15) is 35.1 Å². The number of nitrogens with one attached hydrogen (secondary N) is 1. The first-order valence-electron chi connectivity index (χ1n) is 41.3. The highest BCUT2D eigenvalue weighted by Crippen LogP contribution is 2.24. The van der Waals surface area contributed by atoms with E-state index in [2.05, 4.69) is 43.5 Å². The molecule has 1 rings (SSSR count). The molecular weight excluding hydrogens is 1170 g/mol. The molecule has 1 fully saturated rings. The van der Waals surface area contributed by atoms with Crippen molar-refractivity contribution in [2.24, 2.45) is 0 Å². The maximum absolute atomic E-state index is 13.0. The molecule has 0 aliphatic carbocycles. The number of carbonyl (C=O) groups is 2. The molecule has 11 heteroatoms. The lowest BCUT2D eigenvalue weighted by Gasteiger charge is -2.40. The molecule has 1 aliphatic heterocycles. The molecule has 94 heavy (non-hydrogen) atoms. The van der Waals surface area contributed by atoms with Crippen LogP contribution in [-0.4, -0.2) is 100 Å². The zero-order chi connectivity index (χ0) is 67.9. The SMILES string of the molecule is CCCCCCCCCC/C=C/C(O)C(COC1OC(CO)C(O)C(O)C1O)NC(=O)CCCCCCCCCCCCCCCCCCC/C=C\C/C=C\CCCCCCCCCCCCCCCCCOC(=O)CCCCCCCCCCCCCCCCCCC. The van der Waals surface area contributed by atoms with Gasteiger partial charge in [0.15, 0.2) is 6.29 Å². The first kappa shape index (κ1) is 89.9. The van der Waals surface area contributed by atoms with Gasteiger partial charge in [0.25, 0.3) is 0 Å². The Kier molecular flexibility index (Phi) is 69.0. The average molecular weight is 1330 g/mol. The minimum absolute atomic E-state index is 0.0193. The summed E-state index contributed by atoms with van der Waals surface area (Å²) in [6.45, 7) is 4.38. The van der Waals surface area contributed by atoms with Crippen molar-refractivity contribution in [1.29, 1.82) is 0 Å². The minimum atomic E-state index is -1.57. The Hall–Kier alpha value is -2.12. The number of ether oxygens (including phenoxy) is 3. The average Bonchev–Trinajstić information content (AvgIpc) is 0.904. The molecule has 7 atom stereocenters. The highest BCUT2D eigenvalue weighted by atomic mass is 16.7. The summed E-state index contributed by atoms with van der Waals surface area (Å²) in [6, 6.07) is -0.807. The monoisotopic (exact) mass is 1330 g/mol. The molecule has 0 spiro atoms. The molecule has 1 aliphatic rings. The molecule has 0 aromatic heterocycles. The predicted octanol–water partition coefficient (Wildman–Crippen LogP) is 22.5. The van der Waals surface area contributed by atoms with Crippen LogP contribution in [0.25, 0.3) is 0 Å². The lowest BCUT2D eigenvalue weighted by molar-refractivity contribution is -0.302. The summed E-state index contributed by atoms with van der Waals surface area (Å²) in [4.78, 5) is 25.2. The lowest BCUT2D eigenvalue weighted by Crippen LogP contribution is -2.60. The molecule has 1 saturated heterocycles. The third-order valence-corrected chi connectivity index (χ3v) is 19.7. The van der Waals surface area contributed by atoms with Crippen LogP contribution in [0.4, 0.5) is 0 Å². The predicted molar refractivity (Wildman–Crippen MR) is 398 cm³/mol. The highest BCUT2D eigenvalue weighted by Gasteiger charge is 2.44. The Labute approximate surface area is 581 Å². The van der Waals surface area contributed by atoms with E-state index in [-0.39, 0.29) is 18.5 Å². The van der Waals surface area contributed by atoms with Gasteiger partial charge in [-0.25, -0.2) is 0 Å². The van der Waals surface area contributed by atoms with Gasteiger partial charge in [-0.2, -0.15) is 0 Å². The van der Waals surface area contributed by atoms with Gasteiger partial charge in [-0.15, -0.1) is 0 Å². The zero-order valence-electron chi connectivity index (χ0n) is 62.0. The third kappa shape index (κ3) is 59.9. The number of amides is 1. The summed E-state index contributed by atoms with van der Waals surface area (Å²) >= 11 is 0. The zero-order valence-corrected chi connectivity index (χ0v) is 62.0. The van der Waals surface area contributed by atoms with Gasteiger partial charge in [-0.1, -0.05) is 378 Å². The van der Waals surface area contributed by atoms with Gasteiger partial charge in [0.2, 0.25) is 5.91 Å². The van der Waals surface area contributed by atoms with Crippen LogP contribution < -0.4 is 5.32 Å². The van der Waals surface area contributed by atoms with Crippen molar-refractivity contribution in [2.75, 3.05) is 19.8 Å². The van der Waals surface area contributed by atoms with Crippen LogP contribution in [0.3, 0.4) is 0 Å². The van der Waals surface area contributed by atoms with E-state index in [1.807, 2.05) is 6.08 Å². The van der Waals surface area contributed by atoms with E-state index < -0.39 is 49.5 Å². The number of aliphatic hydroxyl groups excluding tert-OH is 5. The molecule has 1 amide bonds. The Balaban J connectivity index is 1.86. The van der Waals surface area contributed by atoms with Crippen molar-refractivity contribution in [1.82, 2.24) is 5.32 Å². The molecule has 0 aromatic carbocycles. The second-order valence-corrected chi connectivity index (χ2v) is 28.8. The number of hydrogen-bond acceptors (Lipinski definition) is 10. The van der Waals surface area contributed by atoms with Crippen LogP contribution in [0.1, 0.15) is 418 Å². The lowest BCUT2D eigenvalue weighted by atomic mass is 9.99. The van der Waals surface area contributed by atoms with Gasteiger partial charge < -0.3 is 45.1 Å². The smallest absolute Gasteiger partial charge is 0.305 e. The fourth-order valence-corrected chi connectivity index (χ4v) is 13.3. The van der Waals surface area contributed by atoms with Crippen molar-refractivity contribution in [3.05, 3.63) is 36.5 Å². The van der Waals surface area contributed by atoms with E-state index in [4.69, 9.17) is 14.2 Å². The van der Waals surface area contributed by atoms with Crippen LogP contribution in [0.5, 0.6) is 0 Å². The number of rotatable bonds is 74. The fraction of sp³-hybridized carbons (Fsp3) is 0.904. The van der Waals surface area contributed by atoms with E-state index >= 15 is 0 Å². The number of unbranched alkanes of at least 4 members (excludes halogenated alkanes) is 56. The van der Waals surface area contributed by atoms with E-state index in [0.717, 1.165) is 57.8 Å². The highest BCUT2D eigenvalue weighted by molar-refractivity contribution is 5.76. The number of esters is 1. The first-order chi connectivity index (χ1) is 46.2. The molecule has 7 unspecified atom stereocenters. The van der Waals surface area contributed by atoms with Crippen LogP contribution in [-0.2, 0) is 23.8 Å². The van der Waals surface area contributed by atoms with Crippen LogP contribution >= 0.6 is 0 Å². The van der Waals surface area contributed by atoms with E-state index in [1.54, 1.807) is 6.08 Å². The van der Waals surface area contributed by atoms with Crippen molar-refractivity contribution in [3.8, 4) is 0 Å². The summed E-state index contributed by atoms with van der Waals surface area (Å²) in [5.41, 5.74) is 0. The molecule has 1 heterocycles.